The Morgan fingerprint density at radius 3 is 1.80 bits per heavy atom. The molecule has 0 aromatic rings. The van der Waals surface area contributed by atoms with Crippen LogP contribution in [0.4, 0.5) is 0 Å². The highest BCUT2D eigenvalue weighted by Crippen LogP contribution is 1.91. The molecule has 0 aliphatic rings. The summed E-state index contributed by atoms with van der Waals surface area (Å²) in [5.41, 5.74) is 0.367. The van der Waals surface area contributed by atoms with Gasteiger partial charge in [-0.1, -0.05) is 6.58 Å². The first-order valence-corrected chi connectivity index (χ1v) is 6.29. The summed E-state index contributed by atoms with van der Waals surface area (Å²) in [4.78, 5) is 20.8. The van der Waals surface area contributed by atoms with E-state index in [-0.39, 0.29) is 13.2 Å². The van der Waals surface area contributed by atoms with Crippen molar-refractivity contribution in [3.63, 3.8) is 0 Å². The number of carbonyl (C=O) groups is 2. The normalized spacial score (nSPS) is 10.1. The van der Waals surface area contributed by atoms with Gasteiger partial charge in [0.2, 0.25) is 0 Å². The molecule has 7 nitrogen and oxygen atoms in total. The molecule has 20 heavy (non-hydrogen) atoms. The maximum atomic E-state index is 11.0. The van der Waals surface area contributed by atoms with Crippen molar-refractivity contribution in [2.75, 3.05) is 52.9 Å². The van der Waals surface area contributed by atoms with Gasteiger partial charge in [-0.15, -0.1) is 0 Å². The summed E-state index contributed by atoms with van der Waals surface area (Å²) in [5, 5.41) is 0. The Hall–Kier alpha value is -1.44. The lowest BCUT2D eigenvalue weighted by molar-refractivity contribution is -0.140. The number of ether oxygens (including phenoxy) is 5. The van der Waals surface area contributed by atoms with Crippen molar-refractivity contribution in [2.45, 2.75) is 6.92 Å². The van der Waals surface area contributed by atoms with E-state index >= 15 is 0 Å². The van der Waals surface area contributed by atoms with Gasteiger partial charge >= 0.3 is 5.97 Å². The Morgan fingerprint density at radius 2 is 1.35 bits per heavy atom. The van der Waals surface area contributed by atoms with E-state index in [2.05, 4.69) is 11.3 Å². The van der Waals surface area contributed by atoms with Crippen LogP contribution in [0.15, 0.2) is 12.2 Å². The van der Waals surface area contributed by atoms with Crippen LogP contribution in [0, 0.1) is 0 Å². The number of esters is 1. The Morgan fingerprint density at radius 1 is 0.900 bits per heavy atom. The average Bonchev–Trinajstić information content (AvgIpc) is 2.43. The van der Waals surface area contributed by atoms with E-state index in [1.807, 2.05) is 0 Å². The van der Waals surface area contributed by atoms with Crippen molar-refractivity contribution in [1.82, 2.24) is 0 Å². The first-order chi connectivity index (χ1) is 9.68. The summed E-state index contributed by atoms with van der Waals surface area (Å²) in [6.07, 6.45) is 0. The first kappa shape index (κ1) is 18.6. The van der Waals surface area contributed by atoms with E-state index in [9.17, 15) is 9.59 Å². The molecule has 0 fully saturated rings. The predicted molar refractivity (Wildman–Crippen MR) is 70.2 cm³/mol. The summed E-state index contributed by atoms with van der Waals surface area (Å²) in [6, 6.07) is 0. The zero-order valence-electron chi connectivity index (χ0n) is 11.8. The van der Waals surface area contributed by atoms with E-state index in [1.165, 1.54) is 0 Å². The lowest BCUT2D eigenvalue weighted by Gasteiger charge is -2.07. The van der Waals surface area contributed by atoms with Crippen LogP contribution in [-0.4, -0.2) is 65.3 Å². The molecule has 0 unspecified atom stereocenters. The Balaban J connectivity index is 3.08. The molecule has 0 rings (SSSR count). The lowest BCUT2D eigenvalue weighted by Crippen LogP contribution is -2.14. The van der Waals surface area contributed by atoms with Crippen LogP contribution in [0.3, 0.4) is 0 Å². The molecule has 0 spiro atoms. The smallest absolute Gasteiger partial charge is 0.333 e. The molecule has 0 amide bonds. The molecular formula is C13H22O7. The minimum atomic E-state index is -0.416. The maximum absolute atomic E-state index is 11.0. The van der Waals surface area contributed by atoms with Gasteiger partial charge < -0.3 is 23.7 Å². The summed E-state index contributed by atoms with van der Waals surface area (Å²) >= 11 is 0. The SMILES string of the molecule is C=C(C)C(=O)OCCOCCOCCOCCOC=O. The van der Waals surface area contributed by atoms with Crippen LogP contribution >= 0.6 is 0 Å². The maximum Gasteiger partial charge on any atom is 0.333 e. The number of hydrogen-bond acceptors (Lipinski definition) is 7. The molecule has 0 aromatic heterocycles. The Bertz CT molecular complexity index is 278. The monoisotopic (exact) mass is 290 g/mol. The van der Waals surface area contributed by atoms with Crippen LogP contribution in [0.2, 0.25) is 0 Å². The molecule has 0 bridgehead atoms. The lowest BCUT2D eigenvalue weighted by atomic mass is 10.4. The summed E-state index contributed by atoms with van der Waals surface area (Å²) in [6.45, 7) is 8.27. The highest BCUT2D eigenvalue weighted by Gasteiger charge is 2.01. The van der Waals surface area contributed by atoms with E-state index in [0.29, 0.717) is 51.7 Å². The molecule has 0 aromatic carbocycles. The van der Waals surface area contributed by atoms with Crippen LogP contribution in [0.25, 0.3) is 0 Å². The van der Waals surface area contributed by atoms with Gasteiger partial charge in [-0.3, -0.25) is 4.79 Å². The molecule has 0 aliphatic carbocycles. The van der Waals surface area contributed by atoms with Crippen molar-refractivity contribution in [1.29, 1.82) is 0 Å². The molecule has 0 heterocycles. The van der Waals surface area contributed by atoms with Crippen LogP contribution in [0.5, 0.6) is 0 Å². The quantitative estimate of drug-likeness (QED) is 0.197. The second-order valence-corrected chi connectivity index (χ2v) is 3.72. The molecule has 0 N–H and O–H groups in total. The van der Waals surface area contributed by atoms with Gasteiger partial charge in [0.1, 0.15) is 13.2 Å². The van der Waals surface area contributed by atoms with E-state index in [4.69, 9.17) is 18.9 Å². The van der Waals surface area contributed by atoms with E-state index in [0.717, 1.165) is 0 Å². The fourth-order valence-corrected chi connectivity index (χ4v) is 1.01. The number of rotatable bonds is 14. The van der Waals surface area contributed by atoms with E-state index in [1.54, 1.807) is 6.92 Å². The van der Waals surface area contributed by atoms with Crippen molar-refractivity contribution < 1.29 is 33.3 Å². The predicted octanol–water partition coefficient (Wildman–Crippen LogP) is 0.329. The van der Waals surface area contributed by atoms with Gasteiger partial charge in [0.25, 0.3) is 6.47 Å². The molecule has 7 heteroatoms. The van der Waals surface area contributed by atoms with Gasteiger partial charge in [0.05, 0.1) is 39.6 Å². The third kappa shape index (κ3) is 13.0. The minimum absolute atomic E-state index is 0.200. The molecule has 0 saturated heterocycles. The fraction of sp³-hybridized carbons (Fsp3) is 0.692. The third-order valence-corrected chi connectivity index (χ3v) is 1.97. The molecule has 0 aliphatic heterocycles. The molecule has 0 radical (unpaired) electrons. The van der Waals surface area contributed by atoms with Crippen LogP contribution in [0.1, 0.15) is 6.92 Å². The van der Waals surface area contributed by atoms with Crippen molar-refractivity contribution in [3.05, 3.63) is 12.2 Å². The van der Waals surface area contributed by atoms with Crippen LogP contribution in [-0.2, 0) is 33.3 Å². The topological polar surface area (TPSA) is 80.3 Å². The fourth-order valence-electron chi connectivity index (χ4n) is 1.01. The highest BCUT2D eigenvalue weighted by molar-refractivity contribution is 5.86. The summed E-state index contributed by atoms with van der Waals surface area (Å²) in [7, 11) is 0. The molecule has 0 atom stereocenters. The highest BCUT2D eigenvalue weighted by atomic mass is 16.6. The zero-order valence-corrected chi connectivity index (χ0v) is 11.8. The van der Waals surface area contributed by atoms with Gasteiger partial charge in [-0.2, -0.15) is 0 Å². The third-order valence-electron chi connectivity index (χ3n) is 1.97. The standard InChI is InChI=1S/C13H22O7/c1-12(2)13(15)20-10-9-18-6-5-16-3-4-17-7-8-19-11-14/h11H,1,3-10H2,2H3. The zero-order chi connectivity index (χ0) is 15.1. The van der Waals surface area contributed by atoms with Gasteiger partial charge in [-0.05, 0) is 6.92 Å². The summed E-state index contributed by atoms with van der Waals surface area (Å²) in [5.74, 6) is -0.416. The first-order valence-electron chi connectivity index (χ1n) is 6.29. The second-order valence-electron chi connectivity index (χ2n) is 3.72. The van der Waals surface area contributed by atoms with Gasteiger partial charge in [-0.25, -0.2) is 4.79 Å². The average molecular weight is 290 g/mol. The van der Waals surface area contributed by atoms with Crippen molar-refractivity contribution >= 4 is 12.4 Å². The second kappa shape index (κ2) is 14.0. The van der Waals surface area contributed by atoms with Crippen molar-refractivity contribution in [2.24, 2.45) is 0 Å². The summed E-state index contributed by atoms with van der Waals surface area (Å²) < 4.78 is 24.8. The van der Waals surface area contributed by atoms with Crippen molar-refractivity contribution in [3.8, 4) is 0 Å². The number of hydrogen-bond donors (Lipinski definition) is 0. The van der Waals surface area contributed by atoms with Gasteiger partial charge in [0, 0.05) is 5.57 Å². The molecule has 116 valence electrons. The number of carbonyl (C=O) groups excluding carboxylic acids is 2. The Labute approximate surface area is 118 Å². The minimum Gasteiger partial charge on any atom is -0.465 e. The largest absolute Gasteiger partial charge is 0.465 e. The molecule has 0 saturated carbocycles. The Kier molecular flexibility index (Phi) is 13.0. The molecular weight excluding hydrogens is 268 g/mol. The van der Waals surface area contributed by atoms with Gasteiger partial charge in [0.15, 0.2) is 0 Å². The van der Waals surface area contributed by atoms with E-state index < -0.39 is 5.97 Å². The van der Waals surface area contributed by atoms with Crippen LogP contribution < -0.4 is 0 Å².